The lowest BCUT2D eigenvalue weighted by Crippen LogP contribution is -2.13. The maximum atomic E-state index is 12.0. The molecule has 0 unspecified atom stereocenters. The number of nitrogens with one attached hydrogen (secondary N) is 1. The Kier molecular flexibility index (Phi) is 4.19. The van der Waals surface area contributed by atoms with Gasteiger partial charge < -0.3 is 10.1 Å². The van der Waals surface area contributed by atoms with Crippen LogP contribution in [0.15, 0.2) is 30.6 Å². The van der Waals surface area contributed by atoms with E-state index in [2.05, 4.69) is 15.3 Å². The van der Waals surface area contributed by atoms with Gasteiger partial charge in [0.05, 0.1) is 7.11 Å². The summed E-state index contributed by atoms with van der Waals surface area (Å²) in [6.45, 7) is 0. The molecule has 0 aliphatic carbocycles. The number of carbonyl (C=O) groups excluding carboxylic acids is 1. The molecule has 7 heteroatoms. The molecule has 0 spiro atoms. The van der Waals surface area contributed by atoms with E-state index < -0.39 is 0 Å². The third-order valence-corrected chi connectivity index (χ3v) is 2.92. The first-order valence-electron chi connectivity index (χ1n) is 5.23. The number of ether oxygens (including phenoxy) is 1. The predicted octanol–water partition coefficient (Wildman–Crippen LogP) is 3.04. The number of benzene rings is 1. The standard InChI is InChI=1S/C12H9Cl2N3O2/c1-19-8-4-2-7(3-5-8)12(18)17-9-10(13)15-6-16-11(9)14/h2-6H,1H3,(H,17,18). The molecule has 2 rings (SSSR count). The topological polar surface area (TPSA) is 64.1 Å². The van der Waals surface area contributed by atoms with Gasteiger partial charge in [0, 0.05) is 5.56 Å². The van der Waals surface area contributed by atoms with E-state index >= 15 is 0 Å². The van der Waals surface area contributed by atoms with Crippen LogP contribution in [0.1, 0.15) is 10.4 Å². The minimum Gasteiger partial charge on any atom is -0.497 e. The van der Waals surface area contributed by atoms with Crippen molar-refractivity contribution < 1.29 is 9.53 Å². The van der Waals surface area contributed by atoms with Gasteiger partial charge in [-0.05, 0) is 24.3 Å². The van der Waals surface area contributed by atoms with Crippen molar-refractivity contribution in [1.29, 1.82) is 0 Å². The van der Waals surface area contributed by atoms with E-state index in [4.69, 9.17) is 27.9 Å². The first-order valence-corrected chi connectivity index (χ1v) is 5.99. The van der Waals surface area contributed by atoms with Crippen LogP contribution in [0.25, 0.3) is 0 Å². The number of amides is 1. The second-order valence-corrected chi connectivity index (χ2v) is 4.23. The number of nitrogens with zero attached hydrogens (tertiary/aromatic N) is 2. The van der Waals surface area contributed by atoms with Gasteiger partial charge in [0.2, 0.25) is 0 Å². The molecule has 1 aromatic carbocycles. The zero-order chi connectivity index (χ0) is 13.8. The quantitative estimate of drug-likeness (QED) is 0.885. The number of anilines is 1. The summed E-state index contributed by atoms with van der Waals surface area (Å²) in [5.41, 5.74) is 0.628. The van der Waals surface area contributed by atoms with E-state index in [-0.39, 0.29) is 21.9 Å². The SMILES string of the molecule is COc1ccc(C(=O)Nc2c(Cl)ncnc2Cl)cc1. The molecule has 1 amide bonds. The molecule has 0 aliphatic heterocycles. The van der Waals surface area contributed by atoms with Crippen LogP contribution in [-0.2, 0) is 0 Å². The normalized spacial score (nSPS) is 10.1. The largest absolute Gasteiger partial charge is 0.497 e. The highest BCUT2D eigenvalue weighted by Gasteiger charge is 2.13. The van der Waals surface area contributed by atoms with Crippen molar-refractivity contribution in [2.24, 2.45) is 0 Å². The molecule has 1 aromatic heterocycles. The molecule has 1 heterocycles. The van der Waals surface area contributed by atoms with Crippen molar-refractivity contribution in [2.45, 2.75) is 0 Å². The molecule has 5 nitrogen and oxygen atoms in total. The second kappa shape index (κ2) is 5.86. The van der Waals surface area contributed by atoms with Gasteiger partial charge in [-0.25, -0.2) is 9.97 Å². The predicted molar refractivity (Wildman–Crippen MR) is 73.0 cm³/mol. The van der Waals surface area contributed by atoms with E-state index in [0.29, 0.717) is 11.3 Å². The molecular weight excluding hydrogens is 289 g/mol. The highest BCUT2D eigenvalue weighted by Crippen LogP contribution is 2.26. The molecule has 1 N–H and O–H groups in total. The Bertz CT molecular complexity index is 582. The van der Waals surface area contributed by atoms with Crippen LogP contribution >= 0.6 is 23.2 Å². The Morgan fingerprint density at radius 3 is 2.26 bits per heavy atom. The van der Waals surface area contributed by atoms with Crippen molar-refractivity contribution in [3.8, 4) is 5.75 Å². The van der Waals surface area contributed by atoms with Gasteiger partial charge in [-0.15, -0.1) is 0 Å². The van der Waals surface area contributed by atoms with Crippen molar-refractivity contribution >= 4 is 34.8 Å². The van der Waals surface area contributed by atoms with E-state index in [0.717, 1.165) is 0 Å². The zero-order valence-corrected chi connectivity index (χ0v) is 11.4. The summed E-state index contributed by atoms with van der Waals surface area (Å²) in [5, 5.41) is 2.73. The summed E-state index contributed by atoms with van der Waals surface area (Å²) in [4.78, 5) is 19.5. The molecule has 0 saturated heterocycles. The molecule has 0 aliphatic rings. The first-order chi connectivity index (χ1) is 9.11. The van der Waals surface area contributed by atoms with Gasteiger partial charge in [0.25, 0.3) is 5.91 Å². The molecule has 98 valence electrons. The number of halogens is 2. The van der Waals surface area contributed by atoms with Gasteiger partial charge in [-0.1, -0.05) is 23.2 Å². The Balaban J connectivity index is 2.20. The van der Waals surface area contributed by atoms with Gasteiger partial charge in [-0.2, -0.15) is 0 Å². The monoisotopic (exact) mass is 297 g/mol. The number of methoxy groups -OCH3 is 1. The minimum absolute atomic E-state index is 0.0851. The highest BCUT2D eigenvalue weighted by atomic mass is 35.5. The molecule has 0 fully saturated rings. The van der Waals surface area contributed by atoms with Gasteiger partial charge in [0.15, 0.2) is 10.3 Å². The average molecular weight is 298 g/mol. The molecule has 0 atom stereocenters. The molecule has 0 saturated carbocycles. The Morgan fingerprint density at radius 1 is 1.16 bits per heavy atom. The van der Waals surface area contributed by atoms with E-state index in [1.54, 1.807) is 31.4 Å². The van der Waals surface area contributed by atoms with Crippen LogP contribution in [0.2, 0.25) is 10.3 Å². The molecule has 0 radical (unpaired) electrons. The lowest BCUT2D eigenvalue weighted by Gasteiger charge is -2.08. The Labute approximate surface area is 119 Å². The lowest BCUT2D eigenvalue weighted by molar-refractivity contribution is 0.102. The fraction of sp³-hybridized carbons (Fsp3) is 0.0833. The summed E-state index contributed by atoms with van der Waals surface area (Å²) in [5.74, 6) is 0.303. The smallest absolute Gasteiger partial charge is 0.255 e. The average Bonchev–Trinajstić information content (AvgIpc) is 2.43. The van der Waals surface area contributed by atoms with Crippen LogP contribution < -0.4 is 10.1 Å². The van der Waals surface area contributed by atoms with Crippen LogP contribution in [-0.4, -0.2) is 23.0 Å². The fourth-order valence-corrected chi connectivity index (χ4v) is 1.78. The van der Waals surface area contributed by atoms with Crippen LogP contribution in [0.5, 0.6) is 5.75 Å². The maximum Gasteiger partial charge on any atom is 0.255 e. The summed E-state index contributed by atoms with van der Waals surface area (Å²) in [7, 11) is 1.55. The van der Waals surface area contributed by atoms with Gasteiger partial charge >= 0.3 is 0 Å². The second-order valence-electron chi connectivity index (χ2n) is 3.51. The minimum atomic E-state index is -0.360. The van der Waals surface area contributed by atoms with Crippen LogP contribution in [0, 0.1) is 0 Å². The summed E-state index contributed by atoms with van der Waals surface area (Å²) < 4.78 is 5.01. The van der Waals surface area contributed by atoms with E-state index in [9.17, 15) is 4.79 Å². The van der Waals surface area contributed by atoms with Crippen molar-refractivity contribution in [3.05, 3.63) is 46.5 Å². The molecule has 2 aromatic rings. The van der Waals surface area contributed by atoms with Gasteiger partial charge in [-0.3, -0.25) is 4.79 Å². The zero-order valence-electron chi connectivity index (χ0n) is 9.85. The summed E-state index contributed by atoms with van der Waals surface area (Å²) >= 11 is 11.7. The Hall–Kier alpha value is -1.85. The van der Waals surface area contributed by atoms with Crippen molar-refractivity contribution in [3.63, 3.8) is 0 Å². The fourth-order valence-electron chi connectivity index (χ4n) is 1.38. The number of hydrogen-bond donors (Lipinski definition) is 1. The number of hydrogen-bond acceptors (Lipinski definition) is 4. The number of aromatic nitrogens is 2. The van der Waals surface area contributed by atoms with Crippen LogP contribution in [0.3, 0.4) is 0 Å². The highest BCUT2D eigenvalue weighted by molar-refractivity contribution is 6.38. The molecular formula is C12H9Cl2N3O2. The lowest BCUT2D eigenvalue weighted by atomic mass is 10.2. The third kappa shape index (κ3) is 3.13. The maximum absolute atomic E-state index is 12.0. The Morgan fingerprint density at radius 2 is 1.74 bits per heavy atom. The van der Waals surface area contributed by atoms with Crippen molar-refractivity contribution in [1.82, 2.24) is 9.97 Å². The summed E-state index contributed by atoms with van der Waals surface area (Å²) in [6, 6.07) is 6.61. The van der Waals surface area contributed by atoms with Crippen LogP contribution in [0.4, 0.5) is 5.69 Å². The third-order valence-electron chi connectivity index (χ3n) is 2.35. The van der Waals surface area contributed by atoms with Crippen molar-refractivity contribution in [2.75, 3.05) is 12.4 Å². The number of rotatable bonds is 3. The molecule has 0 bridgehead atoms. The summed E-state index contributed by atoms with van der Waals surface area (Å²) in [6.07, 6.45) is 1.22. The molecule has 19 heavy (non-hydrogen) atoms. The van der Waals surface area contributed by atoms with Gasteiger partial charge in [0.1, 0.15) is 17.8 Å². The first kappa shape index (κ1) is 13.6. The number of carbonyl (C=O) groups is 1. The van der Waals surface area contributed by atoms with E-state index in [1.807, 2.05) is 0 Å². The van der Waals surface area contributed by atoms with E-state index in [1.165, 1.54) is 6.33 Å².